The Morgan fingerprint density at radius 3 is 2.80 bits per heavy atom. The van der Waals surface area contributed by atoms with Gasteiger partial charge in [0.2, 0.25) is 0 Å². The van der Waals surface area contributed by atoms with E-state index in [0.29, 0.717) is 22.2 Å². The quantitative estimate of drug-likeness (QED) is 0.885. The van der Waals surface area contributed by atoms with Gasteiger partial charge in [-0.25, -0.2) is 4.39 Å². The summed E-state index contributed by atoms with van der Waals surface area (Å²) in [5.74, 6) is 0.128. The molecule has 5 heteroatoms. The standard InChI is InChI=1S/C10H13BrFNO2/c1-15-8-3-2-6(12)9(10(8)11)7(13)4-5-14/h2-3,7,14H,4-5,13H2,1H3. The average Bonchev–Trinajstić information content (AvgIpc) is 2.18. The fourth-order valence-electron chi connectivity index (χ4n) is 1.33. The Kier molecular flexibility index (Phi) is 4.50. The first kappa shape index (κ1) is 12.4. The molecule has 0 spiro atoms. The molecule has 0 saturated carbocycles. The minimum atomic E-state index is -0.542. The lowest BCUT2D eigenvalue weighted by molar-refractivity contribution is 0.275. The SMILES string of the molecule is COc1ccc(F)c(C(N)CCO)c1Br. The van der Waals surface area contributed by atoms with E-state index in [4.69, 9.17) is 15.6 Å². The molecule has 1 aromatic carbocycles. The summed E-state index contributed by atoms with van der Waals surface area (Å²) in [5.41, 5.74) is 6.08. The molecule has 0 amide bonds. The summed E-state index contributed by atoms with van der Waals surface area (Å²) in [7, 11) is 1.50. The second-order valence-electron chi connectivity index (χ2n) is 3.10. The molecule has 1 atom stereocenters. The Morgan fingerprint density at radius 1 is 1.60 bits per heavy atom. The highest BCUT2D eigenvalue weighted by molar-refractivity contribution is 9.10. The van der Waals surface area contributed by atoms with Gasteiger partial charge in [0.1, 0.15) is 11.6 Å². The van der Waals surface area contributed by atoms with Gasteiger partial charge in [-0.15, -0.1) is 0 Å². The summed E-state index contributed by atoms with van der Waals surface area (Å²) in [5, 5.41) is 8.76. The largest absolute Gasteiger partial charge is 0.496 e. The molecular weight excluding hydrogens is 265 g/mol. The van der Waals surface area contributed by atoms with E-state index in [-0.39, 0.29) is 6.61 Å². The van der Waals surface area contributed by atoms with Crippen molar-refractivity contribution in [2.24, 2.45) is 5.73 Å². The van der Waals surface area contributed by atoms with Gasteiger partial charge in [-0.05, 0) is 34.5 Å². The fraction of sp³-hybridized carbons (Fsp3) is 0.400. The van der Waals surface area contributed by atoms with Gasteiger partial charge in [0, 0.05) is 18.2 Å². The molecule has 0 saturated heterocycles. The molecule has 0 bridgehead atoms. The van der Waals surface area contributed by atoms with Crippen LogP contribution in [0.15, 0.2) is 16.6 Å². The van der Waals surface area contributed by atoms with Crippen LogP contribution in [-0.2, 0) is 0 Å². The van der Waals surface area contributed by atoms with Crippen LogP contribution >= 0.6 is 15.9 Å². The van der Waals surface area contributed by atoms with Gasteiger partial charge < -0.3 is 15.6 Å². The Balaban J connectivity index is 3.14. The molecule has 0 radical (unpaired) electrons. The van der Waals surface area contributed by atoms with Crippen molar-refractivity contribution in [3.63, 3.8) is 0 Å². The molecule has 0 aliphatic rings. The predicted molar refractivity (Wildman–Crippen MR) is 59.3 cm³/mol. The van der Waals surface area contributed by atoms with Gasteiger partial charge in [0.25, 0.3) is 0 Å². The fourth-order valence-corrected chi connectivity index (χ4v) is 2.11. The third-order valence-electron chi connectivity index (χ3n) is 2.12. The zero-order valence-corrected chi connectivity index (χ0v) is 9.92. The average molecular weight is 278 g/mol. The number of rotatable bonds is 4. The zero-order chi connectivity index (χ0) is 11.4. The van der Waals surface area contributed by atoms with Gasteiger partial charge in [0.05, 0.1) is 11.6 Å². The molecular formula is C10H13BrFNO2. The van der Waals surface area contributed by atoms with Gasteiger partial charge >= 0.3 is 0 Å². The van der Waals surface area contributed by atoms with Crippen LogP contribution < -0.4 is 10.5 Å². The normalized spacial score (nSPS) is 12.6. The smallest absolute Gasteiger partial charge is 0.133 e. The maximum atomic E-state index is 13.5. The van der Waals surface area contributed by atoms with Crippen molar-refractivity contribution in [3.05, 3.63) is 28.0 Å². The van der Waals surface area contributed by atoms with E-state index in [1.807, 2.05) is 0 Å². The number of aliphatic hydroxyl groups is 1. The monoisotopic (exact) mass is 277 g/mol. The second-order valence-corrected chi connectivity index (χ2v) is 3.89. The third-order valence-corrected chi connectivity index (χ3v) is 2.94. The number of ether oxygens (including phenoxy) is 1. The Labute approximate surface area is 96.2 Å². The van der Waals surface area contributed by atoms with Crippen LogP contribution in [0.25, 0.3) is 0 Å². The maximum Gasteiger partial charge on any atom is 0.133 e. The summed E-state index contributed by atoms with van der Waals surface area (Å²) in [6.45, 7) is -0.0791. The molecule has 0 aromatic heterocycles. The zero-order valence-electron chi connectivity index (χ0n) is 8.34. The van der Waals surface area contributed by atoms with Gasteiger partial charge in [-0.1, -0.05) is 0 Å². The van der Waals surface area contributed by atoms with E-state index in [1.54, 1.807) is 0 Å². The van der Waals surface area contributed by atoms with E-state index >= 15 is 0 Å². The summed E-state index contributed by atoms with van der Waals surface area (Å²) < 4.78 is 19.0. The van der Waals surface area contributed by atoms with Crippen molar-refractivity contribution in [1.29, 1.82) is 0 Å². The van der Waals surface area contributed by atoms with Crippen molar-refractivity contribution in [2.45, 2.75) is 12.5 Å². The predicted octanol–water partition coefficient (Wildman–Crippen LogP) is 1.98. The van der Waals surface area contributed by atoms with Gasteiger partial charge in [0.15, 0.2) is 0 Å². The first-order chi connectivity index (χ1) is 7.11. The molecule has 1 rings (SSSR count). The molecule has 84 valence electrons. The number of nitrogens with two attached hydrogens (primary N) is 1. The highest BCUT2D eigenvalue weighted by Gasteiger charge is 2.17. The van der Waals surface area contributed by atoms with Crippen LogP contribution in [-0.4, -0.2) is 18.8 Å². The first-order valence-electron chi connectivity index (χ1n) is 4.50. The van der Waals surface area contributed by atoms with E-state index in [0.717, 1.165) is 0 Å². The molecule has 1 unspecified atom stereocenters. The molecule has 0 aliphatic heterocycles. The number of methoxy groups -OCH3 is 1. The Hall–Kier alpha value is -0.650. The molecule has 3 nitrogen and oxygen atoms in total. The summed E-state index contributed by atoms with van der Waals surface area (Å²) in [6.07, 6.45) is 0.308. The number of hydrogen-bond acceptors (Lipinski definition) is 3. The lowest BCUT2D eigenvalue weighted by atomic mass is 10.0. The molecule has 1 aromatic rings. The van der Waals surface area contributed by atoms with Crippen LogP contribution in [0.2, 0.25) is 0 Å². The van der Waals surface area contributed by atoms with E-state index in [1.165, 1.54) is 19.2 Å². The van der Waals surface area contributed by atoms with E-state index in [2.05, 4.69) is 15.9 Å². The van der Waals surface area contributed by atoms with Gasteiger partial charge in [-0.3, -0.25) is 0 Å². The lowest BCUT2D eigenvalue weighted by Gasteiger charge is -2.15. The van der Waals surface area contributed by atoms with Crippen LogP contribution in [0.3, 0.4) is 0 Å². The highest BCUT2D eigenvalue weighted by atomic mass is 79.9. The summed E-state index contributed by atoms with van der Waals surface area (Å²) in [4.78, 5) is 0. The summed E-state index contributed by atoms with van der Waals surface area (Å²) >= 11 is 3.24. The molecule has 15 heavy (non-hydrogen) atoms. The van der Waals surface area contributed by atoms with Crippen molar-refractivity contribution >= 4 is 15.9 Å². The Bertz CT molecular complexity index is 346. The van der Waals surface area contributed by atoms with Crippen LogP contribution in [0.4, 0.5) is 4.39 Å². The number of halogens is 2. The van der Waals surface area contributed by atoms with Crippen molar-refractivity contribution in [3.8, 4) is 5.75 Å². The maximum absolute atomic E-state index is 13.5. The third kappa shape index (κ3) is 2.68. The minimum absolute atomic E-state index is 0.0791. The van der Waals surface area contributed by atoms with Crippen molar-refractivity contribution < 1.29 is 14.2 Å². The van der Waals surface area contributed by atoms with E-state index < -0.39 is 11.9 Å². The topological polar surface area (TPSA) is 55.5 Å². The van der Waals surface area contributed by atoms with Gasteiger partial charge in [-0.2, -0.15) is 0 Å². The highest BCUT2D eigenvalue weighted by Crippen LogP contribution is 2.34. The molecule has 3 N–H and O–H groups in total. The number of aliphatic hydroxyl groups excluding tert-OH is 1. The van der Waals surface area contributed by atoms with Crippen LogP contribution in [0.1, 0.15) is 18.0 Å². The molecule has 0 aliphatic carbocycles. The molecule has 0 heterocycles. The van der Waals surface area contributed by atoms with Crippen molar-refractivity contribution in [2.75, 3.05) is 13.7 Å². The first-order valence-corrected chi connectivity index (χ1v) is 5.29. The van der Waals surface area contributed by atoms with Crippen LogP contribution in [0.5, 0.6) is 5.75 Å². The number of hydrogen-bond donors (Lipinski definition) is 2. The van der Waals surface area contributed by atoms with Crippen molar-refractivity contribution in [1.82, 2.24) is 0 Å². The molecule has 0 fully saturated rings. The number of benzene rings is 1. The second kappa shape index (κ2) is 5.44. The Morgan fingerprint density at radius 2 is 2.27 bits per heavy atom. The summed E-state index contributed by atoms with van der Waals surface area (Å²) in [6, 6.07) is 2.28. The van der Waals surface area contributed by atoms with Crippen LogP contribution in [0, 0.1) is 5.82 Å². The minimum Gasteiger partial charge on any atom is -0.496 e. The van der Waals surface area contributed by atoms with E-state index in [9.17, 15) is 4.39 Å². The lowest BCUT2D eigenvalue weighted by Crippen LogP contribution is -2.14.